The van der Waals surface area contributed by atoms with Crippen molar-refractivity contribution >= 4 is 23.1 Å². The first kappa shape index (κ1) is 14.2. The van der Waals surface area contributed by atoms with Crippen LogP contribution in [0, 0.1) is 0 Å². The molecule has 0 fully saturated rings. The summed E-state index contributed by atoms with van der Waals surface area (Å²) >= 11 is 1.79. The van der Waals surface area contributed by atoms with Gasteiger partial charge in [-0.3, -0.25) is 14.5 Å². The minimum atomic E-state index is -0.283. The number of carbonyl (C=O) groups excluding carboxylic acids is 2. The van der Waals surface area contributed by atoms with Gasteiger partial charge in [-0.1, -0.05) is 0 Å². The largest absolute Gasteiger partial charge is 0.466 e. The molecular weight excluding hydrogens is 262 g/mol. The van der Waals surface area contributed by atoms with Crippen LogP contribution in [0.2, 0.25) is 0 Å². The summed E-state index contributed by atoms with van der Waals surface area (Å²) in [6, 6.07) is 2.13. The van der Waals surface area contributed by atoms with Crippen molar-refractivity contribution in [2.45, 2.75) is 32.7 Å². The lowest BCUT2D eigenvalue weighted by atomic mass is 10.1. The van der Waals surface area contributed by atoms with Gasteiger partial charge in [0.05, 0.1) is 19.6 Å². The number of rotatable bonds is 6. The average molecular weight is 281 g/mol. The van der Waals surface area contributed by atoms with Gasteiger partial charge < -0.3 is 4.74 Å². The van der Waals surface area contributed by atoms with Crippen molar-refractivity contribution in [3.05, 3.63) is 21.9 Å². The highest BCUT2D eigenvalue weighted by atomic mass is 32.1. The molecule has 0 aliphatic carbocycles. The van der Waals surface area contributed by atoms with Gasteiger partial charge in [0.2, 0.25) is 0 Å². The Morgan fingerprint density at radius 3 is 3.05 bits per heavy atom. The standard InChI is InChI=1S/C14H19NO3S/c1-2-18-14(17)4-3-12(16)10-15-7-5-13-11(9-15)6-8-19-13/h6,8H,2-5,7,9-10H2,1H3. The number of fused-ring (bicyclic) bond motifs is 1. The fraction of sp³-hybridized carbons (Fsp3) is 0.571. The summed E-state index contributed by atoms with van der Waals surface area (Å²) in [5.41, 5.74) is 1.34. The molecule has 0 aromatic carbocycles. The Labute approximate surface area is 117 Å². The van der Waals surface area contributed by atoms with Crippen molar-refractivity contribution in [3.63, 3.8) is 0 Å². The van der Waals surface area contributed by atoms with Crippen molar-refractivity contribution in [1.29, 1.82) is 0 Å². The molecule has 19 heavy (non-hydrogen) atoms. The number of Topliss-reactive ketones (excluding diaryl/α,β-unsaturated/α-hetero) is 1. The first-order valence-electron chi connectivity index (χ1n) is 6.64. The highest BCUT2D eigenvalue weighted by Gasteiger charge is 2.19. The molecule has 2 rings (SSSR count). The molecule has 5 heteroatoms. The highest BCUT2D eigenvalue weighted by molar-refractivity contribution is 7.10. The molecule has 0 bridgehead atoms. The second-order valence-corrected chi connectivity index (χ2v) is 5.67. The van der Waals surface area contributed by atoms with E-state index in [2.05, 4.69) is 16.3 Å². The molecule has 0 spiro atoms. The minimum Gasteiger partial charge on any atom is -0.466 e. The van der Waals surface area contributed by atoms with Crippen molar-refractivity contribution in [3.8, 4) is 0 Å². The van der Waals surface area contributed by atoms with E-state index in [0.29, 0.717) is 13.2 Å². The summed E-state index contributed by atoms with van der Waals surface area (Å²) in [5, 5.41) is 2.11. The normalized spacial score (nSPS) is 15.0. The molecule has 1 aromatic heterocycles. The Hall–Kier alpha value is -1.20. The van der Waals surface area contributed by atoms with Gasteiger partial charge in [-0.15, -0.1) is 11.3 Å². The summed E-state index contributed by atoms with van der Waals surface area (Å²) in [5.74, 6) is -0.165. The number of esters is 1. The Morgan fingerprint density at radius 2 is 2.26 bits per heavy atom. The molecule has 0 N–H and O–H groups in total. The summed E-state index contributed by atoms with van der Waals surface area (Å²) < 4.78 is 4.81. The number of thiophene rings is 1. The van der Waals surface area contributed by atoms with E-state index >= 15 is 0 Å². The quantitative estimate of drug-likeness (QED) is 0.748. The Balaban J connectivity index is 1.73. The van der Waals surface area contributed by atoms with Gasteiger partial charge in [0.15, 0.2) is 0 Å². The molecule has 0 atom stereocenters. The van der Waals surface area contributed by atoms with Crippen molar-refractivity contribution in [2.24, 2.45) is 0 Å². The van der Waals surface area contributed by atoms with Gasteiger partial charge in [-0.05, 0) is 30.4 Å². The zero-order valence-corrected chi connectivity index (χ0v) is 12.0. The lowest BCUT2D eigenvalue weighted by molar-refractivity contribution is -0.144. The number of carbonyl (C=O) groups is 2. The molecule has 1 aromatic rings. The first-order chi connectivity index (χ1) is 9.19. The van der Waals surface area contributed by atoms with Crippen LogP contribution in [0.1, 0.15) is 30.2 Å². The van der Waals surface area contributed by atoms with Gasteiger partial charge in [-0.2, -0.15) is 0 Å². The van der Waals surface area contributed by atoms with Gasteiger partial charge in [0, 0.05) is 24.4 Å². The monoisotopic (exact) mass is 281 g/mol. The third-order valence-electron chi connectivity index (χ3n) is 3.20. The second kappa shape index (κ2) is 6.82. The first-order valence-corrected chi connectivity index (χ1v) is 7.52. The molecule has 0 amide bonds. The SMILES string of the molecule is CCOC(=O)CCC(=O)CN1CCc2sccc2C1. The van der Waals surface area contributed by atoms with Crippen LogP contribution in [0.3, 0.4) is 0 Å². The third-order valence-corrected chi connectivity index (χ3v) is 4.22. The van der Waals surface area contributed by atoms with Crippen LogP contribution < -0.4 is 0 Å². The van der Waals surface area contributed by atoms with E-state index in [0.717, 1.165) is 19.5 Å². The predicted octanol–water partition coefficient (Wildman–Crippen LogP) is 2.02. The van der Waals surface area contributed by atoms with Crippen LogP contribution in [-0.2, 0) is 27.3 Å². The predicted molar refractivity (Wildman–Crippen MR) is 74.2 cm³/mol. The van der Waals surface area contributed by atoms with E-state index in [9.17, 15) is 9.59 Å². The number of hydrogen-bond donors (Lipinski definition) is 0. The van der Waals surface area contributed by atoms with E-state index in [4.69, 9.17) is 4.74 Å². The smallest absolute Gasteiger partial charge is 0.306 e. The second-order valence-electron chi connectivity index (χ2n) is 4.67. The number of ketones is 1. The summed E-state index contributed by atoms with van der Waals surface area (Å²) in [6.45, 7) is 4.36. The maximum Gasteiger partial charge on any atom is 0.306 e. The van der Waals surface area contributed by atoms with Crippen molar-refractivity contribution < 1.29 is 14.3 Å². The summed E-state index contributed by atoms with van der Waals surface area (Å²) in [4.78, 5) is 26.6. The lowest BCUT2D eigenvalue weighted by Gasteiger charge is -2.25. The van der Waals surface area contributed by atoms with Crippen molar-refractivity contribution in [2.75, 3.05) is 19.7 Å². The minimum absolute atomic E-state index is 0.117. The van der Waals surface area contributed by atoms with Crippen LogP contribution in [0.4, 0.5) is 0 Å². The zero-order chi connectivity index (χ0) is 13.7. The van der Waals surface area contributed by atoms with E-state index in [1.165, 1.54) is 10.4 Å². The molecule has 0 unspecified atom stereocenters. The van der Waals surface area contributed by atoms with Gasteiger partial charge in [0.25, 0.3) is 0 Å². The Kier molecular flexibility index (Phi) is 5.10. The van der Waals surface area contributed by atoms with E-state index < -0.39 is 0 Å². The van der Waals surface area contributed by atoms with Crippen molar-refractivity contribution in [1.82, 2.24) is 4.90 Å². The molecule has 2 heterocycles. The maximum atomic E-state index is 11.8. The molecule has 4 nitrogen and oxygen atoms in total. The average Bonchev–Trinajstić information content (AvgIpc) is 2.84. The number of nitrogens with zero attached hydrogens (tertiary/aromatic N) is 1. The van der Waals surface area contributed by atoms with Crippen LogP contribution in [0.5, 0.6) is 0 Å². The molecule has 104 valence electrons. The van der Waals surface area contributed by atoms with Crippen LogP contribution in [0.15, 0.2) is 11.4 Å². The fourth-order valence-corrected chi connectivity index (χ4v) is 3.13. The number of hydrogen-bond acceptors (Lipinski definition) is 5. The van der Waals surface area contributed by atoms with Gasteiger partial charge in [0.1, 0.15) is 5.78 Å². The molecule has 0 saturated heterocycles. The van der Waals surface area contributed by atoms with Crippen LogP contribution >= 0.6 is 11.3 Å². The topological polar surface area (TPSA) is 46.6 Å². The van der Waals surface area contributed by atoms with Gasteiger partial charge in [-0.25, -0.2) is 0 Å². The third kappa shape index (κ3) is 4.14. The maximum absolute atomic E-state index is 11.8. The van der Waals surface area contributed by atoms with Gasteiger partial charge >= 0.3 is 5.97 Å². The fourth-order valence-electron chi connectivity index (χ4n) is 2.24. The summed E-state index contributed by atoms with van der Waals surface area (Å²) in [6.07, 6.45) is 1.51. The molecule has 0 saturated carbocycles. The van der Waals surface area contributed by atoms with E-state index in [1.54, 1.807) is 18.3 Å². The molecule has 1 aliphatic rings. The molecule has 0 radical (unpaired) electrons. The summed E-state index contributed by atoms with van der Waals surface area (Å²) in [7, 11) is 0. The molecular formula is C14H19NO3S. The number of ether oxygens (including phenoxy) is 1. The Bertz CT molecular complexity index is 455. The Morgan fingerprint density at radius 1 is 1.42 bits per heavy atom. The zero-order valence-electron chi connectivity index (χ0n) is 11.2. The van der Waals surface area contributed by atoms with Crippen LogP contribution in [0.25, 0.3) is 0 Å². The molecule has 1 aliphatic heterocycles. The van der Waals surface area contributed by atoms with E-state index in [1.807, 2.05) is 0 Å². The van der Waals surface area contributed by atoms with E-state index in [-0.39, 0.29) is 24.6 Å². The lowest BCUT2D eigenvalue weighted by Crippen LogP contribution is -2.34. The highest BCUT2D eigenvalue weighted by Crippen LogP contribution is 2.23. The van der Waals surface area contributed by atoms with Crippen LogP contribution in [-0.4, -0.2) is 36.3 Å².